The van der Waals surface area contributed by atoms with E-state index >= 15 is 0 Å². The Kier molecular flexibility index (Phi) is 8.23. The maximum atomic E-state index is 11.6. The maximum absolute atomic E-state index is 11.6. The quantitative estimate of drug-likeness (QED) is 0.339. The van der Waals surface area contributed by atoms with Gasteiger partial charge in [-0.3, -0.25) is 0 Å². The standard InChI is InChI=1S/C13H22ClNO4/c1-5-6-7-8-10(11(16)18-9-14)15-12(17)19-13(2,3)4/h5,10H,1,6-9H2,2-4H3,(H,15,17). The molecule has 0 fully saturated rings. The number of alkyl halides is 1. The molecule has 110 valence electrons. The highest BCUT2D eigenvalue weighted by atomic mass is 35.5. The summed E-state index contributed by atoms with van der Waals surface area (Å²) in [7, 11) is 0. The van der Waals surface area contributed by atoms with Crippen LogP contribution in [0.4, 0.5) is 4.79 Å². The SMILES string of the molecule is C=CCCCC(NC(=O)OC(C)(C)C)C(=O)OCCl. The number of esters is 1. The summed E-state index contributed by atoms with van der Waals surface area (Å²) in [6.45, 7) is 8.84. The van der Waals surface area contributed by atoms with E-state index in [1.54, 1.807) is 26.8 Å². The number of carbonyl (C=O) groups excluding carboxylic acids is 2. The first-order valence-electron chi connectivity index (χ1n) is 6.13. The van der Waals surface area contributed by atoms with Gasteiger partial charge < -0.3 is 14.8 Å². The van der Waals surface area contributed by atoms with Crippen LogP contribution in [0.3, 0.4) is 0 Å². The number of allylic oxidation sites excluding steroid dienone is 1. The van der Waals surface area contributed by atoms with E-state index in [0.717, 1.165) is 6.42 Å². The van der Waals surface area contributed by atoms with Gasteiger partial charge in [0, 0.05) is 0 Å². The van der Waals surface area contributed by atoms with Gasteiger partial charge in [0.05, 0.1) is 0 Å². The lowest BCUT2D eigenvalue weighted by molar-refractivity contribution is -0.144. The van der Waals surface area contributed by atoms with Gasteiger partial charge >= 0.3 is 12.1 Å². The number of alkyl carbamates (subject to hydrolysis) is 1. The van der Waals surface area contributed by atoms with Crippen molar-refractivity contribution < 1.29 is 19.1 Å². The topological polar surface area (TPSA) is 64.6 Å². The zero-order valence-corrected chi connectivity index (χ0v) is 12.5. The largest absolute Gasteiger partial charge is 0.448 e. The average molecular weight is 292 g/mol. The number of amides is 1. The first-order chi connectivity index (χ1) is 8.80. The minimum Gasteiger partial charge on any atom is -0.448 e. The number of nitrogens with one attached hydrogen (secondary N) is 1. The maximum Gasteiger partial charge on any atom is 0.408 e. The fourth-order valence-electron chi connectivity index (χ4n) is 1.32. The zero-order valence-electron chi connectivity index (χ0n) is 11.7. The molecule has 1 amide bonds. The molecule has 0 aliphatic heterocycles. The Morgan fingerprint density at radius 2 is 2.05 bits per heavy atom. The molecule has 0 radical (unpaired) electrons. The third-order valence-corrected chi connectivity index (χ3v) is 2.18. The smallest absolute Gasteiger partial charge is 0.408 e. The zero-order chi connectivity index (χ0) is 14.9. The molecular formula is C13H22ClNO4. The molecule has 19 heavy (non-hydrogen) atoms. The Labute approximate surface area is 119 Å². The van der Waals surface area contributed by atoms with Crippen molar-refractivity contribution in [3.63, 3.8) is 0 Å². The van der Waals surface area contributed by atoms with Gasteiger partial charge in [-0.2, -0.15) is 0 Å². The predicted octanol–water partition coefficient (Wildman–Crippen LogP) is 2.98. The van der Waals surface area contributed by atoms with Gasteiger partial charge in [0.2, 0.25) is 0 Å². The van der Waals surface area contributed by atoms with E-state index in [1.807, 2.05) is 0 Å². The van der Waals surface area contributed by atoms with E-state index in [1.165, 1.54) is 0 Å². The van der Waals surface area contributed by atoms with Crippen LogP contribution >= 0.6 is 11.6 Å². The number of unbranched alkanes of at least 4 members (excludes halogenated alkanes) is 1. The van der Waals surface area contributed by atoms with Crippen LogP contribution in [0.25, 0.3) is 0 Å². The summed E-state index contributed by atoms with van der Waals surface area (Å²) in [4.78, 5) is 23.3. The van der Waals surface area contributed by atoms with Crippen molar-refractivity contribution in [1.29, 1.82) is 0 Å². The van der Waals surface area contributed by atoms with Crippen LogP contribution in [0, 0.1) is 0 Å². The third-order valence-electron chi connectivity index (χ3n) is 2.07. The van der Waals surface area contributed by atoms with Crippen LogP contribution in [0.15, 0.2) is 12.7 Å². The average Bonchev–Trinajstić information content (AvgIpc) is 2.25. The molecule has 0 saturated carbocycles. The highest BCUT2D eigenvalue weighted by molar-refractivity contribution is 6.17. The number of carbonyl (C=O) groups is 2. The second-order valence-electron chi connectivity index (χ2n) is 4.99. The Balaban J connectivity index is 4.43. The third kappa shape index (κ3) is 9.36. The minimum atomic E-state index is -0.756. The lowest BCUT2D eigenvalue weighted by atomic mass is 10.1. The number of ether oxygens (including phenoxy) is 2. The van der Waals surface area contributed by atoms with Crippen LogP contribution < -0.4 is 5.32 Å². The Bertz CT molecular complexity index is 312. The van der Waals surface area contributed by atoms with E-state index in [-0.39, 0.29) is 6.07 Å². The van der Waals surface area contributed by atoms with E-state index < -0.39 is 23.7 Å². The van der Waals surface area contributed by atoms with Crippen molar-refractivity contribution in [2.75, 3.05) is 6.07 Å². The summed E-state index contributed by atoms with van der Waals surface area (Å²) in [5, 5.41) is 2.49. The molecule has 0 rings (SSSR count). The van der Waals surface area contributed by atoms with Gasteiger partial charge in [0.1, 0.15) is 11.6 Å². The first-order valence-corrected chi connectivity index (χ1v) is 6.66. The lowest BCUT2D eigenvalue weighted by Gasteiger charge is -2.22. The Morgan fingerprint density at radius 1 is 1.42 bits per heavy atom. The van der Waals surface area contributed by atoms with Gasteiger partial charge in [0.25, 0.3) is 0 Å². The van der Waals surface area contributed by atoms with E-state index in [4.69, 9.17) is 21.1 Å². The van der Waals surface area contributed by atoms with Gasteiger partial charge in [-0.05, 0) is 40.0 Å². The molecule has 0 saturated heterocycles. The summed E-state index contributed by atoms with van der Waals surface area (Å²) >= 11 is 5.34. The highest BCUT2D eigenvalue weighted by Gasteiger charge is 2.24. The van der Waals surface area contributed by atoms with Crippen LogP contribution in [0.5, 0.6) is 0 Å². The van der Waals surface area contributed by atoms with E-state index in [2.05, 4.69) is 11.9 Å². The number of hydrogen-bond donors (Lipinski definition) is 1. The second-order valence-corrected chi connectivity index (χ2v) is 5.21. The Hall–Kier alpha value is -1.23. The number of rotatable bonds is 7. The Morgan fingerprint density at radius 3 is 2.53 bits per heavy atom. The minimum absolute atomic E-state index is 0.243. The van der Waals surface area contributed by atoms with Crippen molar-refractivity contribution in [2.45, 2.75) is 51.7 Å². The normalized spacial score (nSPS) is 12.4. The van der Waals surface area contributed by atoms with Crippen molar-refractivity contribution in [3.05, 3.63) is 12.7 Å². The highest BCUT2D eigenvalue weighted by Crippen LogP contribution is 2.09. The predicted molar refractivity (Wildman–Crippen MR) is 74.0 cm³/mol. The van der Waals surface area contributed by atoms with Gasteiger partial charge in [0.15, 0.2) is 6.07 Å². The summed E-state index contributed by atoms with van der Waals surface area (Å²) in [5.74, 6) is -0.565. The number of halogens is 1. The molecule has 0 aliphatic carbocycles. The van der Waals surface area contributed by atoms with E-state index in [9.17, 15) is 9.59 Å². The molecule has 0 aromatic carbocycles. The van der Waals surface area contributed by atoms with Crippen LogP contribution in [-0.2, 0) is 14.3 Å². The lowest BCUT2D eigenvalue weighted by Crippen LogP contribution is -2.44. The molecule has 1 atom stereocenters. The molecular weight excluding hydrogens is 270 g/mol. The molecule has 6 heteroatoms. The van der Waals surface area contributed by atoms with Crippen LogP contribution in [0.2, 0.25) is 0 Å². The molecule has 0 aromatic heterocycles. The fraction of sp³-hybridized carbons (Fsp3) is 0.692. The fourth-order valence-corrected chi connectivity index (χ4v) is 1.43. The van der Waals surface area contributed by atoms with Crippen molar-refractivity contribution in [2.24, 2.45) is 0 Å². The van der Waals surface area contributed by atoms with E-state index in [0.29, 0.717) is 12.8 Å². The molecule has 1 unspecified atom stereocenters. The summed E-state index contributed by atoms with van der Waals surface area (Å²) < 4.78 is 9.79. The van der Waals surface area contributed by atoms with Gasteiger partial charge in [-0.15, -0.1) is 6.58 Å². The molecule has 1 N–H and O–H groups in total. The summed E-state index contributed by atoms with van der Waals surface area (Å²) in [5.41, 5.74) is -0.619. The molecule has 0 heterocycles. The van der Waals surface area contributed by atoms with Crippen LogP contribution in [0.1, 0.15) is 40.0 Å². The first kappa shape index (κ1) is 17.8. The summed E-state index contributed by atoms with van der Waals surface area (Å²) in [6, 6.07) is -0.999. The van der Waals surface area contributed by atoms with Crippen molar-refractivity contribution in [1.82, 2.24) is 5.32 Å². The van der Waals surface area contributed by atoms with Crippen molar-refractivity contribution in [3.8, 4) is 0 Å². The molecule has 5 nitrogen and oxygen atoms in total. The molecule has 0 spiro atoms. The second kappa shape index (κ2) is 8.80. The number of hydrogen-bond acceptors (Lipinski definition) is 4. The molecule has 0 aliphatic rings. The monoisotopic (exact) mass is 291 g/mol. The molecule has 0 bridgehead atoms. The van der Waals surface area contributed by atoms with Gasteiger partial charge in [-0.1, -0.05) is 17.7 Å². The van der Waals surface area contributed by atoms with Crippen molar-refractivity contribution >= 4 is 23.7 Å². The summed E-state index contributed by atoms with van der Waals surface area (Å²) in [6.07, 6.45) is 3.00. The molecule has 0 aromatic rings. The van der Waals surface area contributed by atoms with Crippen LogP contribution in [-0.4, -0.2) is 29.8 Å². The van der Waals surface area contributed by atoms with Gasteiger partial charge in [-0.25, -0.2) is 9.59 Å².